The van der Waals surface area contributed by atoms with Gasteiger partial charge in [0.05, 0.1) is 18.7 Å². The zero-order valence-electron chi connectivity index (χ0n) is 9.06. The molecule has 3 nitrogen and oxygen atoms in total. The van der Waals surface area contributed by atoms with Gasteiger partial charge in [-0.3, -0.25) is 10.2 Å². The second-order valence-electron chi connectivity index (χ2n) is 4.73. The van der Waals surface area contributed by atoms with Crippen molar-refractivity contribution < 1.29 is 18.3 Å². The molecule has 2 saturated heterocycles. The lowest BCUT2D eigenvalue weighted by Gasteiger charge is -2.35. The fraction of sp³-hybridized carbons (Fsp3) is 1.00. The van der Waals surface area contributed by atoms with Gasteiger partial charge in [0.2, 0.25) is 0 Å². The summed E-state index contributed by atoms with van der Waals surface area (Å²) in [7, 11) is 0. The lowest BCUT2D eigenvalue weighted by atomic mass is 9.89. The first-order valence-corrected chi connectivity index (χ1v) is 5.63. The molecule has 16 heavy (non-hydrogen) atoms. The molecular weight excluding hydrogens is 221 g/mol. The van der Waals surface area contributed by atoms with Crippen molar-refractivity contribution in [2.24, 2.45) is 0 Å². The average Bonchev–Trinajstić information content (AvgIpc) is 2.75. The zero-order chi connectivity index (χ0) is 11.8. The van der Waals surface area contributed by atoms with E-state index in [-0.39, 0.29) is 12.6 Å². The van der Waals surface area contributed by atoms with Crippen LogP contribution in [0.25, 0.3) is 0 Å². The smallest absolute Gasteiger partial charge is 0.394 e. The molecule has 2 heterocycles. The van der Waals surface area contributed by atoms with E-state index < -0.39 is 18.3 Å². The third-order valence-electron chi connectivity index (χ3n) is 3.77. The summed E-state index contributed by atoms with van der Waals surface area (Å²) in [6.45, 7) is 0.498. The van der Waals surface area contributed by atoms with Crippen LogP contribution in [0.3, 0.4) is 0 Å². The second-order valence-corrected chi connectivity index (χ2v) is 4.73. The number of alkyl halides is 3. The predicted octanol–water partition coefficient (Wildman–Crippen LogP) is 0.737. The Kier molecular flexibility index (Phi) is 3.16. The summed E-state index contributed by atoms with van der Waals surface area (Å²) in [5.74, 6) is 0. The van der Waals surface area contributed by atoms with E-state index in [2.05, 4.69) is 10.2 Å². The molecule has 0 aliphatic carbocycles. The summed E-state index contributed by atoms with van der Waals surface area (Å²) in [5.41, 5.74) is -0.744. The standard InChI is InChI=1S/C10H17F3N2O/c11-10(12,13)6-14-9(7-16)3-5-15-4-1-2-8(9)15/h8,14,16H,1-7H2. The van der Waals surface area contributed by atoms with Crippen LogP contribution < -0.4 is 5.32 Å². The number of halogens is 3. The van der Waals surface area contributed by atoms with Gasteiger partial charge in [-0.1, -0.05) is 0 Å². The van der Waals surface area contributed by atoms with Gasteiger partial charge in [0.15, 0.2) is 0 Å². The van der Waals surface area contributed by atoms with Gasteiger partial charge in [0.25, 0.3) is 0 Å². The van der Waals surface area contributed by atoms with Gasteiger partial charge in [-0.25, -0.2) is 0 Å². The molecule has 2 aliphatic rings. The maximum Gasteiger partial charge on any atom is 0.401 e. The third kappa shape index (κ3) is 2.19. The van der Waals surface area contributed by atoms with E-state index in [1.165, 1.54) is 0 Å². The van der Waals surface area contributed by atoms with Crippen molar-refractivity contribution in [2.45, 2.75) is 37.0 Å². The first-order valence-electron chi connectivity index (χ1n) is 5.63. The number of fused-ring (bicyclic) bond motifs is 1. The minimum Gasteiger partial charge on any atom is -0.394 e. The Hall–Kier alpha value is -0.330. The van der Waals surface area contributed by atoms with Crippen molar-refractivity contribution >= 4 is 0 Å². The summed E-state index contributed by atoms with van der Waals surface area (Å²) >= 11 is 0. The molecule has 0 aromatic carbocycles. The van der Waals surface area contributed by atoms with Gasteiger partial charge in [0, 0.05) is 12.6 Å². The molecule has 0 aromatic heterocycles. The Labute approximate surface area is 92.6 Å². The van der Waals surface area contributed by atoms with Crippen molar-refractivity contribution in [1.82, 2.24) is 10.2 Å². The Morgan fingerprint density at radius 3 is 2.75 bits per heavy atom. The SMILES string of the molecule is OCC1(NCC(F)(F)F)CCN2CCCC21. The molecule has 0 radical (unpaired) electrons. The Balaban J connectivity index is 2.02. The van der Waals surface area contributed by atoms with Crippen LogP contribution in [0.15, 0.2) is 0 Å². The molecule has 2 N–H and O–H groups in total. The lowest BCUT2D eigenvalue weighted by Crippen LogP contribution is -2.57. The number of hydrogen-bond donors (Lipinski definition) is 2. The minimum atomic E-state index is -4.21. The van der Waals surface area contributed by atoms with E-state index in [0.29, 0.717) is 6.42 Å². The van der Waals surface area contributed by atoms with Gasteiger partial charge in [-0.2, -0.15) is 13.2 Å². The first-order chi connectivity index (χ1) is 7.47. The van der Waals surface area contributed by atoms with E-state index in [4.69, 9.17) is 0 Å². The maximum atomic E-state index is 12.2. The Morgan fingerprint density at radius 1 is 1.38 bits per heavy atom. The molecule has 2 atom stereocenters. The Morgan fingerprint density at radius 2 is 2.12 bits per heavy atom. The summed E-state index contributed by atoms with van der Waals surface area (Å²) in [4.78, 5) is 2.18. The van der Waals surface area contributed by atoms with Crippen LogP contribution in [0.4, 0.5) is 13.2 Å². The molecule has 94 valence electrons. The number of nitrogens with one attached hydrogen (secondary N) is 1. The molecule has 2 unspecified atom stereocenters. The van der Waals surface area contributed by atoms with Crippen molar-refractivity contribution in [3.8, 4) is 0 Å². The van der Waals surface area contributed by atoms with Crippen molar-refractivity contribution in [2.75, 3.05) is 26.2 Å². The number of nitrogens with zero attached hydrogens (tertiary/aromatic N) is 1. The van der Waals surface area contributed by atoms with E-state index in [9.17, 15) is 18.3 Å². The van der Waals surface area contributed by atoms with Crippen LogP contribution >= 0.6 is 0 Å². The molecular formula is C10H17F3N2O. The van der Waals surface area contributed by atoms with Crippen molar-refractivity contribution in [3.05, 3.63) is 0 Å². The number of hydrogen-bond acceptors (Lipinski definition) is 3. The number of rotatable bonds is 3. The molecule has 0 saturated carbocycles. The molecule has 6 heteroatoms. The molecule has 0 spiro atoms. The average molecular weight is 238 g/mol. The van der Waals surface area contributed by atoms with E-state index in [1.54, 1.807) is 0 Å². The fourth-order valence-corrected chi connectivity index (χ4v) is 2.95. The highest BCUT2D eigenvalue weighted by molar-refractivity contribution is 5.07. The van der Waals surface area contributed by atoms with Crippen LogP contribution in [0, 0.1) is 0 Å². The topological polar surface area (TPSA) is 35.5 Å². The highest BCUT2D eigenvalue weighted by Crippen LogP contribution is 2.36. The molecule has 2 aliphatic heterocycles. The monoisotopic (exact) mass is 238 g/mol. The summed E-state index contributed by atoms with van der Waals surface area (Å²) in [5, 5.41) is 11.9. The molecule has 2 fully saturated rings. The van der Waals surface area contributed by atoms with Crippen molar-refractivity contribution in [3.63, 3.8) is 0 Å². The quantitative estimate of drug-likeness (QED) is 0.761. The number of aliphatic hydroxyl groups excluding tert-OH is 1. The maximum absolute atomic E-state index is 12.2. The molecule has 0 aromatic rings. The predicted molar refractivity (Wildman–Crippen MR) is 53.1 cm³/mol. The van der Waals surface area contributed by atoms with Crippen LogP contribution in [0.5, 0.6) is 0 Å². The molecule has 0 bridgehead atoms. The lowest BCUT2D eigenvalue weighted by molar-refractivity contribution is -0.130. The summed E-state index contributed by atoms with van der Waals surface area (Å²) < 4.78 is 36.6. The summed E-state index contributed by atoms with van der Waals surface area (Å²) in [6.07, 6.45) is -1.72. The van der Waals surface area contributed by atoms with Gasteiger partial charge in [-0.05, 0) is 25.8 Å². The van der Waals surface area contributed by atoms with Crippen LogP contribution in [0.2, 0.25) is 0 Å². The Bertz CT molecular complexity index is 259. The van der Waals surface area contributed by atoms with Gasteiger partial charge < -0.3 is 5.11 Å². The molecule has 2 rings (SSSR count). The fourth-order valence-electron chi connectivity index (χ4n) is 2.95. The van der Waals surface area contributed by atoms with Gasteiger partial charge in [0.1, 0.15) is 0 Å². The second kappa shape index (κ2) is 4.16. The third-order valence-corrected chi connectivity index (χ3v) is 3.77. The van der Waals surface area contributed by atoms with Crippen LogP contribution in [-0.4, -0.2) is 54.0 Å². The van der Waals surface area contributed by atoms with Crippen LogP contribution in [-0.2, 0) is 0 Å². The van der Waals surface area contributed by atoms with Gasteiger partial charge in [-0.15, -0.1) is 0 Å². The summed E-state index contributed by atoms with van der Waals surface area (Å²) in [6, 6.07) is 0.0693. The van der Waals surface area contributed by atoms with E-state index >= 15 is 0 Å². The van der Waals surface area contributed by atoms with Gasteiger partial charge >= 0.3 is 6.18 Å². The van der Waals surface area contributed by atoms with E-state index in [1.807, 2.05) is 0 Å². The first kappa shape index (κ1) is 12.1. The highest BCUT2D eigenvalue weighted by Gasteiger charge is 2.49. The number of aliphatic hydroxyl groups is 1. The highest BCUT2D eigenvalue weighted by atomic mass is 19.4. The van der Waals surface area contributed by atoms with Crippen LogP contribution in [0.1, 0.15) is 19.3 Å². The van der Waals surface area contributed by atoms with Crippen molar-refractivity contribution in [1.29, 1.82) is 0 Å². The molecule has 0 amide bonds. The largest absolute Gasteiger partial charge is 0.401 e. The normalized spacial score (nSPS) is 35.6. The zero-order valence-corrected chi connectivity index (χ0v) is 9.06. The van der Waals surface area contributed by atoms with E-state index in [0.717, 1.165) is 25.9 Å². The minimum absolute atomic E-state index is 0.0693.